The number of rotatable bonds is 8. The van der Waals surface area contributed by atoms with Crippen LogP contribution >= 0.6 is 0 Å². The van der Waals surface area contributed by atoms with Gasteiger partial charge in [0.1, 0.15) is 0 Å². The van der Waals surface area contributed by atoms with E-state index in [0.717, 1.165) is 38.8 Å². The minimum absolute atomic E-state index is 0.0206. The van der Waals surface area contributed by atoms with Crippen molar-refractivity contribution in [2.45, 2.75) is 58.7 Å². The number of methoxy groups -OCH3 is 1. The van der Waals surface area contributed by atoms with Crippen LogP contribution in [0, 0.1) is 5.92 Å². The zero-order valence-corrected chi connectivity index (χ0v) is 12.2. The van der Waals surface area contributed by atoms with Crippen molar-refractivity contribution in [3.8, 4) is 0 Å². The summed E-state index contributed by atoms with van der Waals surface area (Å²) in [6, 6.07) is -0.0206. The molecule has 2 unspecified atom stereocenters. The zero-order chi connectivity index (χ0) is 13.5. The van der Waals surface area contributed by atoms with Gasteiger partial charge in [0, 0.05) is 20.3 Å². The molecular formula is C14H28N2O2. The maximum Gasteiger partial charge on any atom is 0.240 e. The van der Waals surface area contributed by atoms with Gasteiger partial charge < -0.3 is 9.64 Å². The molecule has 0 saturated carbocycles. The van der Waals surface area contributed by atoms with E-state index in [1.165, 1.54) is 0 Å². The highest BCUT2D eigenvalue weighted by molar-refractivity contribution is 5.83. The number of unbranched alkanes of at least 4 members (excludes halogenated alkanes) is 2. The van der Waals surface area contributed by atoms with Crippen LogP contribution in [0.1, 0.15) is 46.5 Å². The van der Waals surface area contributed by atoms with E-state index in [1.54, 1.807) is 7.11 Å². The average molecular weight is 256 g/mol. The van der Waals surface area contributed by atoms with Crippen molar-refractivity contribution in [3.63, 3.8) is 0 Å². The summed E-state index contributed by atoms with van der Waals surface area (Å²) in [5, 5.41) is 3.39. The second kappa shape index (κ2) is 7.74. The van der Waals surface area contributed by atoms with Gasteiger partial charge in [-0.2, -0.15) is 0 Å². The second-order valence-corrected chi connectivity index (χ2v) is 5.62. The lowest BCUT2D eigenvalue weighted by Crippen LogP contribution is -2.39. The Labute approximate surface area is 111 Å². The fraction of sp³-hybridized carbons (Fsp3) is 0.929. The summed E-state index contributed by atoms with van der Waals surface area (Å²) in [7, 11) is 1.73. The van der Waals surface area contributed by atoms with Gasteiger partial charge in [-0.25, -0.2) is 0 Å². The van der Waals surface area contributed by atoms with Crippen LogP contribution in [0.3, 0.4) is 0 Å². The van der Waals surface area contributed by atoms with E-state index in [9.17, 15) is 4.79 Å². The number of nitrogens with one attached hydrogen (secondary N) is 1. The Morgan fingerprint density at radius 1 is 1.33 bits per heavy atom. The molecule has 106 valence electrons. The van der Waals surface area contributed by atoms with Gasteiger partial charge in [0.25, 0.3) is 0 Å². The minimum Gasteiger partial charge on any atom is -0.385 e. The van der Waals surface area contributed by atoms with E-state index >= 15 is 0 Å². The molecule has 0 aliphatic carbocycles. The molecule has 0 aromatic rings. The molecule has 0 radical (unpaired) electrons. The number of carbonyl (C=O) groups excluding carboxylic acids is 1. The number of hydrogen-bond acceptors (Lipinski definition) is 3. The van der Waals surface area contributed by atoms with Gasteiger partial charge in [-0.3, -0.25) is 10.1 Å². The van der Waals surface area contributed by atoms with Crippen molar-refractivity contribution in [2.75, 3.05) is 20.3 Å². The van der Waals surface area contributed by atoms with Crippen molar-refractivity contribution in [3.05, 3.63) is 0 Å². The quantitative estimate of drug-likeness (QED) is 0.675. The van der Waals surface area contributed by atoms with Gasteiger partial charge >= 0.3 is 0 Å². The molecule has 2 atom stereocenters. The SMILES string of the molecule is COCCCCCN1C(=O)C(C)NC1CC(C)C. The van der Waals surface area contributed by atoms with E-state index in [0.29, 0.717) is 5.92 Å². The van der Waals surface area contributed by atoms with Gasteiger partial charge in [0.2, 0.25) is 5.91 Å². The third kappa shape index (κ3) is 4.58. The number of carbonyl (C=O) groups is 1. The van der Waals surface area contributed by atoms with Crippen LogP contribution in [0.4, 0.5) is 0 Å². The van der Waals surface area contributed by atoms with Crippen LogP contribution in [0.2, 0.25) is 0 Å². The van der Waals surface area contributed by atoms with Crippen molar-refractivity contribution >= 4 is 5.91 Å². The third-order valence-corrected chi connectivity index (χ3v) is 3.41. The highest BCUT2D eigenvalue weighted by atomic mass is 16.5. The smallest absolute Gasteiger partial charge is 0.240 e. The number of nitrogens with zero attached hydrogens (tertiary/aromatic N) is 1. The molecule has 1 amide bonds. The van der Waals surface area contributed by atoms with Crippen molar-refractivity contribution < 1.29 is 9.53 Å². The first-order valence-corrected chi connectivity index (χ1v) is 7.11. The molecule has 1 fully saturated rings. The summed E-state index contributed by atoms with van der Waals surface area (Å²) >= 11 is 0. The Hall–Kier alpha value is -0.610. The molecule has 0 aromatic heterocycles. The molecular weight excluding hydrogens is 228 g/mol. The third-order valence-electron chi connectivity index (χ3n) is 3.41. The van der Waals surface area contributed by atoms with E-state index in [1.807, 2.05) is 11.8 Å². The van der Waals surface area contributed by atoms with E-state index in [4.69, 9.17) is 4.74 Å². The van der Waals surface area contributed by atoms with Gasteiger partial charge in [-0.1, -0.05) is 13.8 Å². The standard InChI is InChI=1S/C14H28N2O2/c1-11(2)10-13-15-12(3)14(17)16(13)8-6-5-7-9-18-4/h11-13,15H,5-10H2,1-4H3. The number of ether oxygens (including phenoxy) is 1. The van der Waals surface area contributed by atoms with Crippen molar-refractivity contribution in [1.82, 2.24) is 10.2 Å². The Morgan fingerprint density at radius 3 is 2.67 bits per heavy atom. The first-order valence-electron chi connectivity index (χ1n) is 7.11. The van der Waals surface area contributed by atoms with Crippen LogP contribution in [-0.4, -0.2) is 43.3 Å². The Bertz CT molecular complexity index is 256. The van der Waals surface area contributed by atoms with Crippen molar-refractivity contribution in [2.24, 2.45) is 5.92 Å². The largest absolute Gasteiger partial charge is 0.385 e. The molecule has 18 heavy (non-hydrogen) atoms. The van der Waals surface area contributed by atoms with Crippen LogP contribution in [0.5, 0.6) is 0 Å². The van der Waals surface area contributed by atoms with Crippen LogP contribution in [0.15, 0.2) is 0 Å². The molecule has 1 rings (SSSR count). The summed E-state index contributed by atoms with van der Waals surface area (Å²) in [5.74, 6) is 0.865. The molecule has 4 heteroatoms. The van der Waals surface area contributed by atoms with Crippen LogP contribution in [-0.2, 0) is 9.53 Å². The van der Waals surface area contributed by atoms with Crippen molar-refractivity contribution in [1.29, 1.82) is 0 Å². The van der Waals surface area contributed by atoms with Gasteiger partial charge in [-0.15, -0.1) is 0 Å². The average Bonchev–Trinajstić information content (AvgIpc) is 2.55. The van der Waals surface area contributed by atoms with Crippen LogP contribution in [0.25, 0.3) is 0 Å². The van der Waals surface area contributed by atoms with Crippen LogP contribution < -0.4 is 5.32 Å². The fourth-order valence-corrected chi connectivity index (χ4v) is 2.47. The Kier molecular flexibility index (Phi) is 6.65. The minimum atomic E-state index is -0.0206. The first-order chi connectivity index (χ1) is 8.56. The summed E-state index contributed by atoms with van der Waals surface area (Å²) in [4.78, 5) is 14.1. The summed E-state index contributed by atoms with van der Waals surface area (Å²) < 4.78 is 5.03. The molecule has 1 aliphatic rings. The molecule has 1 heterocycles. The molecule has 1 N–H and O–H groups in total. The normalized spacial score (nSPS) is 24.3. The van der Waals surface area contributed by atoms with E-state index < -0.39 is 0 Å². The second-order valence-electron chi connectivity index (χ2n) is 5.62. The fourth-order valence-electron chi connectivity index (χ4n) is 2.47. The monoisotopic (exact) mass is 256 g/mol. The van der Waals surface area contributed by atoms with E-state index in [2.05, 4.69) is 19.2 Å². The molecule has 0 bridgehead atoms. The maximum atomic E-state index is 12.1. The zero-order valence-electron chi connectivity index (χ0n) is 12.2. The van der Waals surface area contributed by atoms with E-state index in [-0.39, 0.29) is 18.1 Å². The lowest BCUT2D eigenvalue weighted by molar-refractivity contribution is -0.130. The highest BCUT2D eigenvalue weighted by Gasteiger charge is 2.35. The molecule has 4 nitrogen and oxygen atoms in total. The molecule has 0 spiro atoms. The number of amides is 1. The summed E-state index contributed by atoms with van der Waals surface area (Å²) in [5.41, 5.74) is 0. The summed E-state index contributed by atoms with van der Waals surface area (Å²) in [6.07, 6.45) is 4.54. The lowest BCUT2D eigenvalue weighted by Gasteiger charge is -2.25. The first kappa shape index (κ1) is 15.4. The predicted octanol–water partition coefficient (Wildman–Crippen LogP) is 2.00. The Balaban J connectivity index is 2.36. The van der Waals surface area contributed by atoms with Gasteiger partial charge in [-0.05, 0) is 38.5 Å². The molecule has 0 aromatic carbocycles. The van der Waals surface area contributed by atoms with Gasteiger partial charge in [0.05, 0.1) is 12.2 Å². The molecule has 1 saturated heterocycles. The number of hydrogen-bond donors (Lipinski definition) is 1. The van der Waals surface area contributed by atoms with Gasteiger partial charge in [0.15, 0.2) is 0 Å². The Morgan fingerprint density at radius 2 is 2.06 bits per heavy atom. The predicted molar refractivity (Wildman–Crippen MR) is 73.3 cm³/mol. The lowest BCUT2D eigenvalue weighted by atomic mass is 10.1. The topological polar surface area (TPSA) is 41.6 Å². The highest BCUT2D eigenvalue weighted by Crippen LogP contribution is 2.18. The summed E-state index contributed by atoms with van der Waals surface area (Å²) in [6.45, 7) is 8.05. The molecule has 1 aliphatic heterocycles. The maximum absolute atomic E-state index is 12.1.